The van der Waals surface area contributed by atoms with E-state index in [1.807, 2.05) is 54.6 Å². The molecule has 0 aromatic heterocycles. The lowest BCUT2D eigenvalue weighted by atomic mass is 9.83. The molecule has 0 saturated carbocycles. The van der Waals surface area contributed by atoms with E-state index in [-0.39, 0.29) is 29.4 Å². The van der Waals surface area contributed by atoms with Crippen molar-refractivity contribution in [3.8, 4) is 11.5 Å². The highest BCUT2D eigenvalue weighted by atomic mass is 19.1. The van der Waals surface area contributed by atoms with Gasteiger partial charge < -0.3 is 19.9 Å². The molecule has 2 N–H and O–H groups in total. The van der Waals surface area contributed by atoms with Crippen molar-refractivity contribution < 1.29 is 23.8 Å². The number of nitrogens with one attached hydrogen (secondary N) is 1. The first kappa shape index (κ1) is 23.8. The second-order valence-corrected chi connectivity index (χ2v) is 9.11. The predicted octanol–water partition coefficient (Wildman–Crippen LogP) is 6.32. The fourth-order valence-corrected chi connectivity index (χ4v) is 5.22. The second-order valence-electron chi connectivity index (χ2n) is 9.11. The van der Waals surface area contributed by atoms with Crippen molar-refractivity contribution in [2.24, 2.45) is 0 Å². The van der Waals surface area contributed by atoms with E-state index in [1.54, 1.807) is 18.2 Å². The van der Waals surface area contributed by atoms with Crippen LogP contribution in [0, 0.1) is 5.82 Å². The largest absolute Gasteiger partial charge is 0.496 e. The summed E-state index contributed by atoms with van der Waals surface area (Å²) in [6, 6.07) is 23.9. The summed E-state index contributed by atoms with van der Waals surface area (Å²) in [6.07, 6.45) is 0.498. The quantitative estimate of drug-likeness (QED) is 0.321. The Hall–Kier alpha value is -3.90. The molecule has 1 aliphatic rings. The predicted molar refractivity (Wildman–Crippen MR) is 138 cm³/mol. The number of halogens is 1. The summed E-state index contributed by atoms with van der Waals surface area (Å²) in [4.78, 5) is 11.8. The molecule has 0 bridgehead atoms. The van der Waals surface area contributed by atoms with E-state index in [0.717, 1.165) is 27.8 Å². The van der Waals surface area contributed by atoms with Crippen LogP contribution in [0.1, 0.15) is 52.4 Å². The van der Waals surface area contributed by atoms with Gasteiger partial charge in [0, 0.05) is 35.0 Å². The molecule has 4 aromatic carbocycles. The minimum Gasteiger partial charge on any atom is -0.496 e. The minimum absolute atomic E-state index is 0.0282. The summed E-state index contributed by atoms with van der Waals surface area (Å²) in [5.74, 6) is -0.174. The van der Waals surface area contributed by atoms with E-state index in [2.05, 4.69) is 12.2 Å². The molecule has 0 aliphatic carbocycles. The molecule has 0 amide bonds. The molecule has 0 saturated heterocycles. The zero-order valence-corrected chi connectivity index (χ0v) is 20.2. The molecular weight excluding hydrogens is 457 g/mol. The zero-order chi connectivity index (χ0) is 25.2. The first-order chi connectivity index (χ1) is 17.5. The van der Waals surface area contributed by atoms with Crippen LogP contribution < -0.4 is 14.8 Å². The third-order valence-electron chi connectivity index (χ3n) is 6.96. The molecular formula is C30H28FNO4. The van der Waals surface area contributed by atoms with Crippen molar-refractivity contribution in [3.63, 3.8) is 0 Å². The van der Waals surface area contributed by atoms with Crippen molar-refractivity contribution >= 4 is 16.7 Å². The third kappa shape index (κ3) is 4.40. The standard InChI is InChI=1S/C30H28FNO4/c1-18(20-14-15-27(31)22-9-4-3-8-21(20)22)32-17-19-16-26(23-10-5-6-13-28(23)36-19)24-11-7-12-25(30(33)34)29(24)35-2/h3-15,18-19,26,32H,16-17H2,1-2H3,(H,33,34)/t18-,19?,26?/m1/s1. The average molecular weight is 486 g/mol. The fourth-order valence-electron chi connectivity index (χ4n) is 5.22. The van der Waals surface area contributed by atoms with E-state index >= 15 is 0 Å². The van der Waals surface area contributed by atoms with Gasteiger partial charge in [-0.15, -0.1) is 0 Å². The molecule has 184 valence electrons. The highest BCUT2D eigenvalue weighted by Gasteiger charge is 2.32. The molecule has 4 aromatic rings. The Labute approximate surface area is 209 Å². The van der Waals surface area contributed by atoms with E-state index in [9.17, 15) is 14.3 Å². The van der Waals surface area contributed by atoms with Gasteiger partial charge in [-0.25, -0.2) is 9.18 Å². The number of hydrogen-bond donors (Lipinski definition) is 2. The summed E-state index contributed by atoms with van der Waals surface area (Å²) in [7, 11) is 1.50. The maximum atomic E-state index is 14.3. The number of para-hydroxylation sites is 2. The van der Waals surface area contributed by atoms with Crippen molar-refractivity contribution in [2.75, 3.05) is 13.7 Å². The number of fused-ring (bicyclic) bond motifs is 2. The summed E-state index contributed by atoms with van der Waals surface area (Å²) in [6.45, 7) is 2.63. The van der Waals surface area contributed by atoms with Crippen LogP contribution in [0.2, 0.25) is 0 Å². The number of rotatable bonds is 7. The SMILES string of the molecule is COc1c(C(=O)O)cccc1C1CC(CN[C@H](C)c2ccc(F)c3ccccc23)Oc2ccccc21. The van der Waals surface area contributed by atoms with Crippen LogP contribution in [0.3, 0.4) is 0 Å². The topological polar surface area (TPSA) is 67.8 Å². The minimum atomic E-state index is -1.02. The maximum Gasteiger partial charge on any atom is 0.339 e. The second kappa shape index (κ2) is 9.99. The smallest absolute Gasteiger partial charge is 0.339 e. The average Bonchev–Trinajstić information content (AvgIpc) is 2.91. The van der Waals surface area contributed by atoms with Crippen molar-refractivity contribution in [3.05, 3.63) is 107 Å². The van der Waals surface area contributed by atoms with Gasteiger partial charge in [0.25, 0.3) is 0 Å². The van der Waals surface area contributed by atoms with Crippen molar-refractivity contribution in [1.29, 1.82) is 0 Å². The summed E-state index contributed by atoms with van der Waals surface area (Å²) >= 11 is 0. The number of ether oxygens (including phenoxy) is 2. The lowest BCUT2D eigenvalue weighted by molar-refractivity contribution is 0.0693. The van der Waals surface area contributed by atoms with Crippen LogP contribution in [0.15, 0.2) is 78.9 Å². The van der Waals surface area contributed by atoms with Crippen LogP contribution in [-0.4, -0.2) is 30.8 Å². The number of carboxylic acid groups (broad SMARTS) is 1. The lowest BCUT2D eigenvalue weighted by Gasteiger charge is -2.34. The Morgan fingerprint density at radius 2 is 1.75 bits per heavy atom. The van der Waals surface area contributed by atoms with E-state index < -0.39 is 5.97 Å². The van der Waals surface area contributed by atoms with Crippen LogP contribution >= 0.6 is 0 Å². The summed E-state index contributed by atoms with van der Waals surface area (Å²) < 4.78 is 26.2. The van der Waals surface area contributed by atoms with Crippen LogP contribution in [-0.2, 0) is 0 Å². The van der Waals surface area contributed by atoms with Crippen molar-refractivity contribution in [2.45, 2.75) is 31.4 Å². The van der Waals surface area contributed by atoms with E-state index in [1.165, 1.54) is 13.2 Å². The molecule has 2 unspecified atom stereocenters. The fraction of sp³-hybridized carbons (Fsp3) is 0.233. The molecule has 36 heavy (non-hydrogen) atoms. The third-order valence-corrected chi connectivity index (χ3v) is 6.96. The summed E-state index contributed by atoms with van der Waals surface area (Å²) in [5, 5.41) is 14.7. The Morgan fingerprint density at radius 1 is 1.03 bits per heavy atom. The summed E-state index contributed by atoms with van der Waals surface area (Å²) in [5.41, 5.74) is 3.00. The molecule has 5 nitrogen and oxygen atoms in total. The number of benzene rings is 4. The molecule has 0 radical (unpaired) electrons. The van der Waals surface area contributed by atoms with Gasteiger partial charge in [0.1, 0.15) is 29.0 Å². The first-order valence-corrected chi connectivity index (χ1v) is 12.0. The van der Waals surface area contributed by atoms with Gasteiger partial charge >= 0.3 is 5.97 Å². The Kier molecular flexibility index (Phi) is 6.61. The first-order valence-electron chi connectivity index (χ1n) is 12.0. The highest BCUT2D eigenvalue weighted by molar-refractivity contribution is 5.91. The van der Waals surface area contributed by atoms with Crippen LogP contribution in [0.4, 0.5) is 4.39 Å². The number of methoxy groups -OCH3 is 1. The molecule has 3 atom stereocenters. The van der Waals surface area contributed by atoms with Gasteiger partial charge in [0.2, 0.25) is 0 Å². The Bertz CT molecular complexity index is 1420. The Balaban J connectivity index is 1.42. The number of carbonyl (C=O) groups is 1. The monoisotopic (exact) mass is 485 g/mol. The zero-order valence-electron chi connectivity index (χ0n) is 20.2. The number of carboxylic acids is 1. The molecule has 0 fully saturated rings. The molecule has 1 heterocycles. The highest BCUT2D eigenvalue weighted by Crippen LogP contribution is 2.44. The Morgan fingerprint density at radius 3 is 2.53 bits per heavy atom. The van der Waals surface area contributed by atoms with E-state index in [4.69, 9.17) is 9.47 Å². The lowest BCUT2D eigenvalue weighted by Crippen LogP contribution is -2.37. The normalized spacial score (nSPS) is 17.8. The number of aromatic carboxylic acids is 1. The van der Waals surface area contributed by atoms with E-state index in [0.29, 0.717) is 24.1 Å². The van der Waals surface area contributed by atoms with Crippen LogP contribution in [0.5, 0.6) is 11.5 Å². The van der Waals surface area contributed by atoms with Gasteiger partial charge in [-0.3, -0.25) is 0 Å². The maximum absolute atomic E-state index is 14.3. The number of hydrogen-bond acceptors (Lipinski definition) is 4. The van der Waals surface area contributed by atoms with Crippen molar-refractivity contribution in [1.82, 2.24) is 5.32 Å². The molecule has 1 aliphatic heterocycles. The molecule has 0 spiro atoms. The van der Waals surface area contributed by atoms with Gasteiger partial charge in [-0.2, -0.15) is 0 Å². The molecule has 6 heteroatoms. The van der Waals surface area contributed by atoms with Gasteiger partial charge in [-0.05, 0) is 42.5 Å². The van der Waals surface area contributed by atoms with Gasteiger partial charge in [0.05, 0.1) is 7.11 Å². The van der Waals surface area contributed by atoms with Crippen LogP contribution in [0.25, 0.3) is 10.8 Å². The van der Waals surface area contributed by atoms with Gasteiger partial charge in [0.15, 0.2) is 0 Å². The molecule has 5 rings (SSSR count). The van der Waals surface area contributed by atoms with Gasteiger partial charge in [-0.1, -0.05) is 60.7 Å².